The van der Waals surface area contributed by atoms with Crippen molar-refractivity contribution >= 4 is 17.8 Å². The van der Waals surface area contributed by atoms with Crippen molar-refractivity contribution in [3.05, 3.63) is 59.9 Å². The van der Waals surface area contributed by atoms with E-state index in [9.17, 15) is 18.8 Å². The second-order valence-electron chi connectivity index (χ2n) is 6.54. The Kier molecular flexibility index (Phi) is 6.03. The molecular weight excluding hydrogens is 363 g/mol. The van der Waals surface area contributed by atoms with E-state index in [0.29, 0.717) is 18.5 Å². The number of carbonyl (C=O) groups is 3. The molecule has 0 bridgehead atoms. The lowest BCUT2D eigenvalue weighted by Gasteiger charge is -2.22. The molecule has 0 saturated carbocycles. The summed E-state index contributed by atoms with van der Waals surface area (Å²) in [4.78, 5) is 38.0. The summed E-state index contributed by atoms with van der Waals surface area (Å²) in [7, 11) is 1.29. The molecule has 0 spiro atoms. The highest BCUT2D eigenvalue weighted by Gasteiger charge is 2.34. The average molecular weight is 384 g/mol. The van der Waals surface area contributed by atoms with Gasteiger partial charge in [-0.1, -0.05) is 24.3 Å². The number of likely N-dealkylation sites (tertiary alicyclic amines) is 1. The van der Waals surface area contributed by atoms with Crippen molar-refractivity contribution in [3.8, 4) is 11.1 Å². The number of benzene rings is 2. The first-order chi connectivity index (χ1) is 13.5. The van der Waals surface area contributed by atoms with E-state index in [2.05, 4.69) is 5.32 Å². The molecule has 1 heterocycles. The topological polar surface area (TPSA) is 75.7 Å². The van der Waals surface area contributed by atoms with Crippen molar-refractivity contribution in [2.45, 2.75) is 18.9 Å². The maximum atomic E-state index is 13.1. The Hall–Kier alpha value is -3.22. The zero-order valence-electron chi connectivity index (χ0n) is 15.5. The molecule has 1 N–H and O–H groups in total. The van der Waals surface area contributed by atoms with E-state index < -0.39 is 17.9 Å². The maximum Gasteiger partial charge on any atom is 0.328 e. The van der Waals surface area contributed by atoms with Crippen LogP contribution < -0.4 is 5.32 Å². The monoisotopic (exact) mass is 384 g/mol. The van der Waals surface area contributed by atoms with E-state index >= 15 is 0 Å². The van der Waals surface area contributed by atoms with E-state index in [1.807, 2.05) is 6.07 Å². The van der Waals surface area contributed by atoms with E-state index in [1.165, 1.54) is 24.1 Å². The van der Waals surface area contributed by atoms with Gasteiger partial charge in [-0.05, 0) is 48.2 Å². The standard InChI is InChI=1S/C21H21FN2O4/c1-28-21(27)18-6-3-11-24(18)19(25)13-23-20(26)16-5-2-4-15(12-16)14-7-9-17(22)10-8-14/h2,4-5,7-10,12,18H,3,6,11,13H2,1H3,(H,23,26)/t18-/m0/s1. The molecule has 0 radical (unpaired) electrons. The minimum atomic E-state index is -0.587. The van der Waals surface area contributed by atoms with Gasteiger partial charge in [0, 0.05) is 12.1 Å². The maximum absolute atomic E-state index is 13.1. The second kappa shape index (κ2) is 8.65. The van der Waals surface area contributed by atoms with Gasteiger partial charge in [0.05, 0.1) is 13.7 Å². The molecule has 146 valence electrons. The Morgan fingerprint density at radius 2 is 1.89 bits per heavy atom. The summed E-state index contributed by atoms with van der Waals surface area (Å²) in [5.74, 6) is -1.49. The van der Waals surface area contributed by atoms with Crippen LogP contribution in [-0.4, -0.2) is 48.9 Å². The third kappa shape index (κ3) is 4.36. The number of amides is 2. The number of hydrogen-bond acceptors (Lipinski definition) is 4. The SMILES string of the molecule is COC(=O)[C@@H]1CCCN1C(=O)CNC(=O)c1cccc(-c2ccc(F)cc2)c1. The Bertz CT molecular complexity index is 882. The van der Waals surface area contributed by atoms with Gasteiger partial charge in [-0.3, -0.25) is 9.59 Å². The zero-order valence-corrected chi connectivity index (χ0v) is 15.5. The van der Waals surface area contributed by atoms with Crippen molar-refractivity contribution in [2.24, 2.45) is 0 Å². The smallest absolute Gasteiger partial charge is 0.328 e. The van der Waals surface area contributed by atoms with Gasteiger partial charge in [0.1, 0.15) is 11.9 Å². The lowest BCUT2D eigenvalue weighted by atomic mass is 10.0. The summed E-state index contributed by atoms with van der Waals surface area (Å²) in [5.41, 5.74) is 1.94. The van der Waals surface area contributed by atoms with Crippen molar-refractivity contribution in [2.75, 3.05) is 20.2 Å². The molecule has 2 aromatic carbocycles. The van der Waals surface area contributed by atoms with E-state index in [4.69, 9.17) is 4.74 Å². The van der Waals surface area contributed by atoms with Crippen LogP contribution in [-0.2, 0) is 14.3 Å². The van der Waals surface area contributed by atoms with Gasteiger partial charge in [0.25, 0.3) is 5.91 Å². The molecule has 0 aliphatic carbocycles. The summed E-state index contributed by atoms with van der Waals surface area (Å²) in [6.07, 6.45) is 1.28. The Morgan fingerprint density at radius 3 is 2.61 bits per heavy atom. The van der Waals surface area contributed by atoms with Crippen molar-refractivity contribution in [1.82, 2.24) is 10.2 Å². The molecule has 1 atom stereocenters. The molecule has 3 rings (SSSR count). The zero-order chi connectivity index (χ0) is 20.1. The fourth-order valence-corrected chi connectivity index (χ4v) is 3.29. The molecule has 1 aliphatic rings. The summed E-state index contributed by atoms with van der Waals surface area (Å²) >= 11 is 0. The largest absolute Gasteiger partial charge is 0.467 e. The van der Waals surface area contributed by atoms with Crippen LogP contribution in [0.5, 0.6) is 0 Å². The van der Waals surface area contributed by atoms with E-state index in [1.54, 1.807) is 30.3 Å². The van der Waals surface area contributed by atoms with Crippen molar-refractivity contribution in [1.29, 1.82) is 0 Å². The Morgan fingerprint density at radius 1 is 1.14 bits per heavy atom. The van der Waals surface area contributed by atoms with Gasteiger partial charge in [-0.15, -0.1) is 0 Å². The Balaban J connectivity index is 1.63. The van der Waals surface area contributed by atoms with Crippen LogP contribution in [0.25, 0.3) is 11.1 Å². The van der Waals surface area contributed by atoms with Gasteiger partial charge in [0.2, 0.25) is 5.91 Å². The number of ether oxygens (including phenoxy) is 1. The average Bonchev–Trinajstić information content (AvgIpc) is 3.22. The van der Waals surface area contributed by atoms with Crippen LogP contribution in [0.15, 0.2) is 48.5 Å². The number of esters is 1. The summed E-state index contributed by atoms with van der Waals surface area (Å²) < 4.78 is 17.8. The number of carbonyl (C=O) groups excluding carboxylic acids is 3. The number of nitrogens with one attached hydrogen (secondary N) is 1. The quantitative estimate of drug-likeness (QED) is 0.804. The van der Waals surface area contributed by atoms with Crippen LogP contribution in [0.3, 0.4) is 0 Å². The molecular formula is C21H21FN2O4. The van der Waals surface area contributed by atoms with Crippen molar-refractivity contribution in [3.63, 3.8) is 0 Å². The summed E-state index contributed by atoms with van der Waals surface area (Å²) in [5, 5.41) is 2.60. The molecule has 2 amide bonds. The summed E-state index contributed by atoms with van der Waals surface area (Å²) in [6.45, 7) is 0.266. The van der Waals surface area contributed by atoms with Crippen molar-refractivity contribution < 1.29 is 23.5 Å². The minimum absolute atomic E-state index is 0.201. The normalized spacial score (nSPS) is 15.9. The Labute approximate surface area is 162 Å². The molecule has 1 aliphatic heterocycles. The third-order valence-corrected chi connectivity index (χ3v) is 4.75. The fraction of sp³-hybridized carbons (Fsp3) is 0.286. The second-order valence-corrected chi connectivity index (χ2v) is 6.54. The molecule has 0 aromatic heterocycles. The highest BCUT2D eigenvalue weighted by molar-refractivity contribution is 5.98. The molecule has 6 nitrogen and oxygen atoms in total. The number of rotatable bonds is 5. The number of nitrogens with zero attached hydrogens (tertiary/aromatic N) is 1. The molecule has 1 saturated heterocycles. The first-order valence-corrected chi connectivity index (χ1v) is 9.01. The van der Waals surface area contributed by atoms with Gasteiger partial charge in [-0.2, -0.15) is 0 Å². The number of halogens is 1. The van der Waals surface area contributed by atoms with E-state index in [-0.39, 0.29) is 18.3 Å². The van der Waals surface area contributed by atoms with Gasteiger partial charge < -0.3 is 15.0 Å². The number of methoxy groups -OCH3 is 1. The van der Waals surface area contributed by atoms with Crippen LogP contribution in [0.2, 0.25) is 0 Å². The van der Waals surface area contributed by atoms with Crippen LogP contribution in [0.1, 0.15) is 23.2 Å². The minimum Gasteiger partial charge on any atom is -0.467 e. The van der Waals surface area contributed by atoms with Gasteiger partial charge >= 0.3 is 5.97 Å². The molecule has 7 heteroatoms. The molecule has 1 fully saturated rings. The lowest BCUT2D eigenvalue weighted by molar-refractivity contribution is -0.150. The third-order valence-electron chi connectivity index (χ3n) is 4.75. The predicted octanol–water partition coefficient (Wildman–Crippen LogP) is 2.39. The fourth-order valence-electron chi connectivity index (χ4n) is 3.29. The summed E-state index contributed by atoms with van der Waals surface area (Å²) in [6, 6.07) is 12.3. The van der Waals surface area contributed by atoms with E-state index in [0.717, 1.165) is 17.5 Å². The lowest BCUT2D eigenvalue weighted by Crippen LogP contribution is -2.45. The highest BCUT2D eigenvalue weighted by atomic mass is 19.1. The number of hydrogen-bond donors (Lipinski definition) is 1. The predicted molar refractivity (Wildman–Crippen MR) is 101 cm³/mol. The molecule has 2 aromatic rings. The van der Waals surface area contributed by atoms with Gasteiger partial charge in [0.15, 0.2) is 0 Å². The van der Waals surface area contributed by atoms with Gasteiger partial charge in [-0.25, -0.2) is 9.18 Å². The van der Waals surface area contributed by atoms with Crippen LogP contribution >= 0.6 is 0 Å². The molecule has 28 heavy (non-hydrogen) atoms. The highest BCUT2D eigenvalue weighted by Crippen LogP contribution is 2.21. The van der Waals surface area contributed by atoms with Crippen LogP contribution in [0, 0.1) is 5.82 Å². The first kappa shape index (κ1) is 19.5. The first-order valence-electron chi connectivity index (χ1n) is 9.01. The van der Waals surface area contributed by atoms with Crippen LogP contribution in [0.4, 0.5) is 4.39 Å². The molecule has 0 unspecified atom stereocenters.